The maximum Gasteiger partial charge on any atom is 0.125 e. The van der Waals surface area contributed by atoms with Gasteiger partial charge in [0, 0.05) is 16.1 Å². The molecule has 1 heterocycles. The maximum absolute atomic E-state index is 5.92. The van der Waals surface area contributed by atoms with Crippen LogP contribution in [-0.4, -0.2) is 7.11 Å². The van der Waals surface area contributed by atoms with Gasteiger partial charge in [-0.15, -0.1) is 0 Å². The van der Waals surface area contributed by atoms with Gasteiger partial charge in [-0.25, -0.2) is 5.43 Å². The van der Waals surface area contributed by atoms with Gasteiger partial charge in [-0.05, 0) is 18.2 Å². The van der Waals surface area contributed by atoms with Crippen LogP contribution in [0, 0.1) is 0 Å². The second kappa shape index (κ2) is 5.23. The first-order valence-electron chi connectivity index (χ1n) is 5.08. The molecular formula is C12H13ClN2O2. The van der Waals surface area contributed by atoms with Gasteiger partial charge in [-0.2, -0.15) is 0 Å². The average Bonchev–Trinajstić information content (AvgIpc) is 2.85. The highest BCUT2D eigenvalue weighted by atomic mass is 35.5. The number of halogens is 1. The summed E-state index contributed by atoms with van der Waals surface area (Å²) in [6, 6.07) is 7.07. The van der Waals surface area contributed by atoms with Crippen LogP contribution in [0.5, 0.6) is 5.75 Å². The van der Waals surface area contributed by atoms with Crippen LogP contribution in [0.25, 0.3) is 0 Å². The number of hydrazine groups is 1. The van der Waals surface area contributed by atoms with E-state index in [-0.39, 0.29) is 6.04 Å². The minimum atomic E-state index is -0.194. The first-order valence-corrected chi connectivity index (χ1v) is 5.45. The van der Waals surface area contributed by atoms with E-state index >= 15 is 0 Å². The Hall–Kier alpha value is -1.49. The van der Waals surface area contributed by atoms with E-state index in [0.717, 1.165) is 11.1 Å². The SMILES string of the molecule is COc1cc(Cl)ccc1C(NN)c1ccoc1. The van der Waals surface area contributed by atoms with E-state index in [0.29, 0.717) is 10.8 Å². The molecule has 2 aromatic rings. The molecule has 2 rings (SSSR count). The average molecular weight is 253 g/mol. The van der Waals surface area contributed by atoms with E-state index in [2.05, 4.69) is 5.43 Å². The zero-order valence-corrected chi connectivity index (χ0v) is 10.1. The van der Waals surface area contributed by atoms with Crippen molar-refractivity contribution in [2.24, 2.45) is 5.84 Å². The molecule has 4 nitrogen and oxygen atoms in total. The van der Waals surface area contributed by atoms with E-state index in [4.69, 9.17) is 26.6 Å². The van der Waals surface area contributed by atoms with Crippen LogP contribution in [0.3, 0.4) is 0 Å². The fourth-order valence-electron chi connectivity index (χ4n) is 1.73. The molecule has 1 unspecified atom stereocenters. The molecule has 0 radical (unpaired) electrons. The molecule has 90 valence electrons. The Labute approximate surface area is 104 Å². The normalized spacial score (nSPS) is 12.4. The van der Waals surface area contributed by atoms with E-state index in [9.17, 15) is 0 Å². The predicted molar refractivity (Wildman–Crippen MR) is 65.9 cm³/mol. The topological polar surface area (TPSA) is 60.4 Å². The van der Waals surface area contributed by atoms with Gasteiger partial charge >= 0.3 is 0 Å². The smallest absolute Gasteiger partial charge is 0.125 e. The van der Waals surface area contributed by atoms with Crippen LogP contribution in [-0.2, 0) is 0 Å². The first kappa shape index (κ1) is 12.0. The summed E-state index contributed by atoms with van der Waals surface area (Å²) in [6.07, 6.45) is 3.24. The molecule has 17 heavy (non-hydrogen) atoms. The lowest BCUT2D eigenvalue weighted by molar-refractivity contribution is 0.404. The molecule has 0 amide bonds. The van der Waals surface area contributed by atoms with E-state index in [1.54, 1.807) is 31.8 Å². The third kappa shape index (κ3) is 2.44. The van der Waals surface area contributed by atoms with Gasteiger partial charge < -0.3 is 9.15 Å². The summed E-state index contributed by atoms with van der Waals surface area (Å²) in [4.78, 5) is 0. The highest BCUT2D eigenvalue weighted by molar-refractivity contribution is 6.30. The Morgan fingerprint density at radius 2 is 2.24 bits per heavy atom. The van der Waals surface area contributed by atoms with Gasteiger partial charge in [-0.3, -0.25) is 5.84 Å². The van der Waals surface area contributed by atoms with Gasteiger partial charge in [0.25, 0.3) is 0 Å². The van der Waals surface area contributed by atoms with Gasteiger partial charge in [0.1, 0.15) is 5.75 Å². The molecule has 0 aliphatic carbocycles. The lowest BCUT2D eigenvalue weighted by atomic mass is 10.0. The molecule has 1 atom stereocenters. The Kier molecular flexibility index (Phi) is 3.68. The Bertz CT molecular complexity index is 485. The van der Waals surface area contributed by atoms with Crippen molar-refractivity contribution >= 4 is 11.6 Å². The first-order chi connectivity index (χ1) is 8.26. The Morgan fingerprint density at radius 3 is 2.82 bits per heavy atom. The highest BCUT2D eigenvalue weighted by Crippen LogP contribution is 2.31. The summed E-state index contributed by atoms with van der Waals surface area (Å²) in [5, 5.41) is 0.619. The van der Waals surface area contributed by atoms with Crippen LogP contribution < -0.4 is 16.0 Å². The number of nitrogens with one attached hydrogen (secondary N) is 1. The van der Waals surface area contributed by atoms with Gasteiger partial charge in [0.15, 0.2) is 0 Å². The monoisotopic (exact) mass is 252 g/mol. The zero-order chi connectivity index (χ0) is 12.3. The van der Waals surface area contributed by atoms with Gasteiger partial charge in [0.2, 0.25) is 0 Å². The second-order valence-electron chi connectivity index (χ2n) is 3.54. The van der Waals surface area contributed by atoms with Crippen molar-refractivity contribution in [3.8, 4) is 5.75 Å². The predicted octanol–water partition coefficient (Wildman–Crippen LogP) is 2.49. The second-order valence-corrected chi connectivity index (χ2v) is 3.98. The summed E-state index contributed by atoms with van der Waals surface area (Å²) in [7, 11) is 1.60. The fourth-order valence-corrected chi connectivity index (χ4v) is 1.89. The Balaban J connectivity index is 2.44. The van der Waals surface area contributed by atoms with Crippen molar-refractivity contribution in [3.05, 3.63) is 52.9 Å². The molecule has 0 saturated heterocycles. The Morgan fingerprint density at radius 1 is 1.41 bits per heavy atom. The molecule has 5 heteroatoms. The lowest BCUT2D eigenvalue weighted by Gasteiger charge is -2.17. The fraction of sp³-hybridized carbons (Fsp3) is 0.167. The third-order valence-corrected chi connectivity index (χ3v) is 2.78. The molecule has 0 aliphatic rings. The molecular weight excluding hydrogens is 240 g/mol. The number of hydrogen-bond acceptors (Lipinski definition) is 4. The van der Waals surface area contributed by atoms with Crippen LogP contribution >= 0.6 is 11.6 Å². The van der Waals surface area contributed by atoms with Crippen LogP contribution in [0.4, 0.5) is 0 Å². The van der Waals surface area contributed by atoms with Crippen LogP contribution in [0.1, 0.15) is 17.2 Å². The lowest BCUT2D eigenvalue weighted by Crippen LogP contribution is -2.28. The van der Waals surface area contributed by atoms with Crippen molar-refractivity contribution in [2.75, 3.05) is 7.11 Å². The van der Waals surface area contributed by atoms with Gasteiger partial charge in [0.05, 0.1) is 25.7 Å². The number of hydrogen-bond donors (Lipinski definition) is 2. The number of ether oxygens (including phenoxy) is 1. The highest BCUT2D eigenvalue weighted by Gasteiger charge is 2.18. The van der Waals surface area contributed by atoms with E-state index in [1.165, 1.54) is 0 Å². The van der Waals surface area contributed by atoms with Crippen molar-refractivity contribution in [1.82, 2.24) is 5.43 Å². The minimum Gasteiger partial charge on any atom is -0.496 e. The standard InChI is InChI=1S/C12H13ClN2O2/c1-16-11-6-9(13)2-3-10(11)12(15-14)8-4-5-17-7-8/h2-7,12,15H,14H2,1H3. The number of methoxy groups -OCH3 is 1. The molecule has 1 aromatic carbocycles. The molecule has 0 bridgehead atoms. The summed E-state index contributed by atoms with van der Waals surface area (Å²) in [5.41, 5.74) is 4.56. The quantitative estimate of drug-likeness (QED) is 0.648. The molecule has 3 N–H and O–H groups in total. The van der Waals surface area contributed by atoms with Gasteiger partial charge in [-0.1, -0.05) is 17.7 Å². The summed E-state index contributed by atoms with van der Waals surface area (Å²) >= 11 is 5.92. The molecule has 0 spiro atoms. The van der Waals surface area contributed by atoms with E-state index in [1.807, 2.05) is 12.1 Å². The van der Waals surface area contributed by atoms with Crippen LogP contribution in [0.2, 0.25) is 5.02 Å². The van der Waals surface area contributed by atoms with Crippen LogP contribution in [0.15, 0.2) is 41.2 Å². The van der Waals surface area contributed by atoms with E-state index < -0.39 is 0 Å². The number of benzene rings is 1. The van der Waals surface area contributed by atoms with Crippen molar-refractivity contribution < 1.29 is 9.15 Å². The molecule has 0 saturated carbocycles. The van der Waals surface area contributed by atoms with Crippen molar-refractivity contribution in [2.45, 2.75) is 6.04 Å². The number of furan rings is 1. The third-order valence-electron chi connectivity index (χ3n) is 2.55. The minimum absolute atomic E-state index is 0.194. The molecule has 0 fully saturated rings. The van der Waals surface area contributed by atoms with Crippen molar-refractivity contribution in [3.63, 3.8) is 0 Å². The largest absolute Gasteiger partial charge is 0.496 e. The molecule has 0 aliphatic heterocycles. The number of rotatable bonds is 4. The molecule has 1 aromatic heterocycles. The van der Waals surface area contributed by atoms with Crippen molar-refractivity contribution in [1.29, 1.82) is 0 Å². The maximum atomic E-state index is 5.92. The summed E-state index contributed by atoms with van der Waals surface area (Å²) in [5.74, 6) is 6.26. The number of nitrogens with two attached hydrogens (primary N) is 1. The zero-order valence-electron chi connectivity index (χ0n) is 9.31. The summed E-state index contributed by atoms with van der Waals surface area (Å²) < 4.78 is 10.3. The summed E-state index contributed by atoms with van der Waals surface area (Å²) in [6.45, 7) is 0.